The van der Waals surface area contributed by atoms with E-state index in [1.165, 1.54) is 6.08 Å². The van der Waals surface area contributed by atoms with Gasteiger partial charge in [0.05, 0.1) is 6.61 Å². The zero-order valence-electron chi connectivity index (χ0n) is 7.28. The minimum Gasteiger partial charge on any atom is -0.419 e. The molecule has 0 aliphatic carbocycles. The van der Waals surface area contributed by atoms with Gasteiger partial charge in [-0.15, -0.1) is 0 Å². The smallest absolute Gasteiger partial charge is 0.286 e. The lowest BCUT2D eigenvalue weighted by molar-refractivity contribution is -0.114. The van der Waals surface area contributed by atoms with Gasteiger partial charge in [0.1, 0.15) is 5.60 Å². The van der Waals surface area contributed by atoms with Gasteiger partial charge < -0.3 is 14.6 Å². The van der Waals surface area contributed by atoms with E-state index in [-0.39, 0.29) is 6.61 Å². The topological polar surface area (TPSA) is 62.5 Å². The van der Waals surface area contributed by atoms with Crippen LogP contribution in [0.2, 0.25) is 0 Å². The van der Waals surface area contributed by atoms with E-state index >= 15 is 0 Å². The van der Waals surface area contributed by atoms with Gasteiger partial charge in [0.25, 0.3) is 6.26 Å². The van der Waals surface area contributed by atoms with Crippen molar-refractivity contribution in [3.8, 4) is 6.26 Å². The first-order valence-corrected chi connectivity index (χ1v) is 3.51. The van der Waals surface area contributed by atoms with E-state index in [4.69, 9.17) is 15.1 Å². The Morgan fingerprint density at radius 1 is 1.75 bits per heavy atom. The summed E-state index contributed by atoms with van der Waals surface area (Å²) < 4.78 is 9.53. The molecule has 1 atom stereocenters. The van der Waals surface area contributed by atoms with Gasteiger partial charge in [0.15, 0.2) is 6.29 Å². The van der Waals surface area contributed by atoms with Crippen LogP contribution < -0.4 is 0 Å². The lowest BCUT2D eigenvalue weighted by atomic mass is 10.1. The number of hydrogen-bond acceptors (Lipinski definition) is 4. The molecule has 0 heterocycles. The van der Waals surface area contributed by atoms with E-state index in [0.717, 1.165) is 0 Å². The van der Waals surface area contributed by atoms with E-state index in [1.807, 2.05) is 0 Å². The first-order chi connectivity index (χ1) is 5.52. The standard InChI is InChI=1S/C8H13NO3/c1-4-7(10)11-5-8(2,3)12-6-9/h4,7,10H,1,5H2,2-3H3. The lowest BCUT2D eigenvalue weighted by Crippen LogP contribution is -2.31. The Bertz CT molecular complexity index is 183. The first kappa shape index (κ1) is 11.0. The number of ether oxygens (including phenoxy) is 2. The maximum Gasteiger partial charge on any atom is 0.286 e. The Balaban J connectivity index is 3.76. The summed E-state index contributed by atoms with van der Waals surface area (Å²) in [6.07, 6.45) is 1.81. The molecule has 4 nitrogen and oxygen atoms in total. The molecule has 0 spiro atoms. The largest absolute Gasteiger partial charge is 0.419 e. The Labute approximate surface area is 72.0 Å². The second-order valence-corrected chi connectivity index (χ2v) is 2.89. The fourth-order valence-corrected chi connectivity index (χ4v) is 0.507. The van der Waals surface area contributed by atoms with Crippen molar-refractivity contribution in [3.63, 3.8) is 0 Å². The van der Waals surface area contributed by atoms with E-state index in [1.54, 1.807) is 20.1 Å². The van der Waals surface area contributed by atoms with Gasteiger partial charge >= 0.3 is 0 Å². The Morgan fingerprint density at radius 3 is 2.75 bits per heavy atom. The van der Waals surface area contributed by atoms with E-state index in [2.05, 4.69) is 11.3 Å². The summed E-state index contributed by atoms with van der Waals surface area (Å²) >= 11 is 0. The fraction of sp³-hybridized carbons (Fsp3) is 0.625. The van der Waals surface area contributed by atoms with Gasteiger partial charge in [-0.05, 0) is 19.9 Å². The van der Waals surface area contributed by atoms with Crippen LogP contribution in [0.15, 0.2) is 12.7 Å². The number of hydrogen-bond donors (Lipinski definition) is 1. The predicted octanol–water partition coefficient (Wildman–Crippen LogP) is 0.784. The Hall–Kier alpha value is -1.05. The van der Waals surface area contributed by atoms with Crippen LogP contribution in [-0.4, -0.2) is 23.6 Å². The van der Waals surface area contributed by atoms with Crippen LogP contribution in [0.5, 0.6) is 0 Å². The summed E-state index contributed by atoms with van der Waals surface area (Å²) in [6.45, 7) is 6.83. The van der Waals surface area contributed by atoms with Crippen molar-refractivity contribution in [3.05, 3.63) is 12.7 Å². The second-order valence-electron chi connectivity index (χ2n) is 2.89. The van der Waals surface area contributed by atoms with Crippen molar-refractivity contribution in [1.82, 2.24) is 0 Å². The number of rotatable bonds is 5. The van der Waals surface area contributed by atoms with Crippen molar-refractivity contribution in [2.75, 3.05) is 6.61 Å². The van der Waals surface area contributed by atoms with Gasteiger partial charge in [-0.3, -0.25) is 0 Å². The molecule has 0 saturated carbocycles. The summed E-state index contributed by atoms with van der Waals surface area (Å²) in [5.41, 5.74) is -0.710. The average Bonchev–Trinajstić information content (AvgIpc) is 2.00. The molecule has 0 fully saturated rings. The van der Waals surface area contributed by atoms with E-state index in [9.17, 15) is 0 Å². The van der Waals surface area contributed by atoms with Crippen LogP contribution in [0.3, 0.4) is 0 Å². The molecule has 0 rings (SSSR count). The molecule has 0 aliphatic heterocycles. The highest BCUT2D eigenvalue weighted by atomic mass is 16.6. The predicted molar refractivity (Wildman–Crippen MR) is 42.9 cm³/mol. The summed E-state index contributed by atoms with van der Waals surface area (Å²) in [6, 6.07) is 0. The lowest BCUT2D eigenvalue weighted by Gasteiger charge is -2.21. The summed E-state index contributed by atoms with van der Waals surface area (Å²) in [4.78, 5) is 0. The molecule has 0 aliphatic rings. The minimum absolute atomic E-state index is 0.133. The molecule has 0 aromatic heterocycles. The quantitative estimate of drug-likeness (QED) is 0.377. The number of nitrogens with zero attached hydrogens (tertiary/aromatic N) is 1. The fourth-order valence-electron chi connectivity index (χ4n) is 0.507. The number of aliphatic hydroxyl groups is 1. The van der Waals surface area contributed by atoms with Crippen molar-refractivity contribution in [1.29, 1.82) is 5.26 Å². The van der Waals surface area contributed by atoms with Crippen molar-refractivity contribution in [2.24, 2.45) is 0 Å². The summed E-state index contributed by atoms with van der Waals surface area (Å²) in [5, 5.41) is 17.1. The average molecular weight is 171 g/mol. The van der Waals surface area contributed by atoms with E-state index < -0.39 is 11.9 Å². The molecule has 1 N–H and O–H groups in total. The van der Waals surface area contributed by atoms with Crippen LogP contribution in [0.1, 0.15) is 13.8 Å². The van der Waals surface area contributed by atoms with Gasteiger partial charge in [0.2, 0.25) is 0 Å². The van der Waals surface area contributed by atoms with Crippen molar-refractivity contribution in [2.45, 2.75) is 25.7 Å². The van der Waals surface area contributed by atoms with Gasteiger partial charge in [-0.1, -0.05) is 6.58 Å². The number of nitriles is 1. The van der Waals surface area contributed by atoms with Crippen LogP contribution in [0, 0.1) is 11.5 Å². The highest BCUT2D eigenvalue weighted by molar-refractivity contribution is 4.75. The molecule has 0 bridgehead atoms. The van der Waals surface area contributed by atoms with E-state index in [0.29, 0.717) is 0 Å². The summed E-state index contributed by atoms with van der Waals surface area (Å²) in [5.74, 6) is 0. The molecule has 0 aromatic rings. The molecule has 68 valence electrons. The first-order valence-electron chi connectivity index (χ1n) is 3.51. The zero-order valence-corrected chi connectivity index (χ0v) is 7.28. The maximum atomic E-state index is 8.91. The number of aliphatic hydroxyl groups excluding tert-OH is 1. The third kappa shape index (κ3) is 4.72. The SMILES string of the molecule is C=CC(O)OCC(C)(C)OC#N. The van der Waals surface area contributed by atoms with Crippen molar-refractivity contribution < 1.29 is 14.6 Å². The molecule has 0 saturated heterocycles. The summed E-state index contributed by atoms with van der Waals surface area (Å²) in [7, 11) is 0. The van der Waals surface area contributed by atoms with Crippen LogP contribution in [0.4, 0.5) is 0 Å². The van der Waals surface area contributed by atoms with Crippen LogP contribution >= 0.6 is 0 Å². The highest BCUT2D eigenvalue weighted by Crippen LogP contribution is 2.09. The van der Waals surface area contributed by atoms with Gasteiger partial charge in [-0.2, -0.15) is 5.26 Å². The minimum atomic E-state index is -1.01. The molecular weight excluding hydrogens is 158 g/mol. The Morgan fingerprint density at radius 2 is 2.33 bits per heavy atom. The molecule has 1 unspecified atom stereocenters. The van der Waals surface area contributed by atoms with Crippen molar-refractivity contribution >= 4 is 0 Å². The Kier molecular flexibility index (Phi) is 4.34. The molecule has 0 amide bonds. The normalized spacial score (nSPS) is 13.2. The molecule has 4 heteroatoms. The second kappa shape index (κ2) is 4.75. The van der Waals surface area contributed by atoms with Gasteiger partial charge in [-0.25, -0.2) is 0 Å². The third-order valence-corrected chi connectivity index (χ3v) is 1.13. The van der Waals surface area contributed by atoms with Crippen LogP contribution in [0.25, 0.3) is 0 Å². The van der Waals surface area contributed by atoms with Crippen LogP contribution in [-0.2, 0) is 9.47 Å². The molecule has 0 radical (unpaired) electrons. The molecular formula is C8H13NO3. The highest BCUT2D eigenvalue weighted by Gasteiger charge is 2.20. The molecule has 0 aromatic carbocycles. The molecule has 12 heavy (non-hydrogen) atoms. The maximum absolute atomic E-state index is 8.91. The third-order valence-electron chi connectivity index (χ3n) is 1.13. The van der Waals surface area contributed by atoms with Gasteiger partial charge in [0, 0.05) is 0 Å². The zero-order chi connectivity index (χ0) is 9.61. The monoisotopic (exact) mass is 171 g/mol.